The Kier molecular flexibility index (Phi) is 14.2. The van der Waals surface area contributed by atoms with Gasteiger partial charge < -0.3 is 16.0 Å². The van der Waals surface area contributed by atoms with Crippen molar-refractivity contribution in [2.24, 2.45) is 4.99 Å². The molecular formula is C30H42N4O2. The zero-order chi connectivity index (χ0) is 26.9. The lowest BCUT2D eigenvalue weighted by Gasteiger charge is -2.18. The number of hydrogen-bond acceptors (Lipinski definition) is 4. The van der Waals surface area contributed by atoms with Crippen LogP contribution < -0.4 is 16.0 Å². The van der Waals surface area contributed by atoms with Crippen LogP contribution in [-0.2, 0) is 9.59 Å². The van der Waals surface area contributed by atoms with Crippen LogP contribution in [0.4, 0.5) is 0 Å². The molecule has 1 aliphatic heterocycles. The van der Waals surface area contributed by atoms with Crippen LogP contribution in [-0.4, -0.2) is 18.5 Å². The second-order valence-corrected chi connectivity index (χ2v) is 8.52. The molecule has 6 nitrogen and oxygen atoms in total. The van der Waals surface area contributed by atoms with E-state index in [-0.39, 0.29) is 5.91 Å². The molecule has 0 unspecified atom stereocenters. The van der Waals surface area contributed by atoms with Gasteiger partial charge >= 0.3 is 0 Å². The van der Waals surface area contributed by atoms with Crippen LogP contribution in [0.5, 0.6) is 0 Å². The first-order valence-electron chi connectivity index (χ1n) is 12.6. The van der Waals surface area contributed by atoms with Crippen LogP contribution >= 0.6 is 0 Å². The zero-order valence-electron chi connectivity index (χ0n) is 22.9. The Morgan fingerprint density at radius 3 is 2.39 bits per heavy atom. The van der Waals surface area contributed by atoms with Crippen LogP contribution in [0.15, 0.2) is 98.8 Å². The maximum atomic E-state index is 13.3. The van der Waals surface area contributed by atoms with Gasteiger partial charge in [-0.25, -0.2) is 0 Å². The minimum absolute atomic E-state index is 0.175. The van der Waals surface area contributed by atoms with Crippen LogP contribution in [0.3, 0.4) is 0 Å². The molecule has 0 saturated heterocycles. The summed E-state index contributed by atoms with van der Waals surface area (Å²) < 4.78 is 0. The lowest BCUT2D eigenvalue weighted by molar-refractivity contribution is -0.117. The summed E-state index contributed by atoms with van der Waals surface area (Å²) >= 11 is 0. The molecule has 2 amide bonds. The lowest BCUT2D eigenvalue weighted by Crippen LogP contribution is -2.28. The van der Waals surface area contributed by atoms with E-state index in [9.17, 15) is 9.59 Å². The van der Waals surface area contributed by atoms with E-state index >= 15 is 0 Å². The molecule has 1 rings (SSSR count). The third-order valence-electron chi connectivity index (χ3n) is 5.31. The van der Waals surface area contributed by atoms with Gasteiger partial charge in [-0.3, -0.25) is 14.6 Å². The van der Waals surface area contributed by atoms with E-state index in [1.165, 1.54) is 0 Å². The number of hydrogen-bond donors (Lipinski definition) is 3. The monoisotopic (exact) mass is 490 g/mol. The van der Waals surface area contributed by atoms with E-state index in [4.69, 9.17) is 0 Å². The summed E-state index contributed by atoms with van der Waals surface area (Å²) in [5.74, 6) is -0.175. The topological polar surface area (TPSA) is 82.6 Å². The summed E-state index contributed by atoms with van der Waals surface area (Å²) in [6, 6.07) is 0. The van der Waals surface area contributed by atoms with Crippen molar-refractivity contribution in [3.8, 4) is 0 Å². The molecule has 0 radical (unpaired) electrons. The lowest BCUT2D eigenvalue weighted by atomic mass is 10.0. The Morgan fingerprint density at radius 2 is 1.86 bits per heavy atom. The molecule has 3 N–H and O–H groups in total. The van der Waals surface area contributed by atoms with E-state index in [2.05, 4.69) is 33.9 Å². The molecular weight excluding hydrogens is 448 g/mol. The highest BCUT2D eigenvalue weighted by atomic mass is 16.1. The number of carbonyl (C=O) groups excluding carboxylic acids is 2. The second-order valence-electron chi connectivity index (χ2n) is 8.52. The van der Waals surface area contributed by atoms with Crippen molar-refractivity contribution in [3.63, 3.8) is 0 Å². The maximum absolute atomic E-state index is 13.3. The molecule has 6 heteroatoms. The van der Waals surface area contributed by atoms with Crippen molar-refractivity contribution in [1.82, 2.24) is 16.0 Å². The SMILES string of the molecule is C\C=C(/C=N/C(C)=C/CC)C1=CN/C(=C(\CCC)C(=O)NC(/C=C(\C=C/CC)NC=O)=C(C)C)C=C1. The molecule has 0 spiro atoms. The van der Waals surface area contributed by atoms with Crippen LogP contribution in [0.1, 0.15) is 74.1 Å². The van der Waals surface area contributed by atoms with E-state index in [0.29, 0.717) is 29.8 Å². The van der Waals surface area contributed by atoms with Gasteiger partial charge in [0.25, 0.3) is 5.91 Å². The van der Waals surface area contributed by atoms with Crippen LogP contribution in [0.2, 0.25) is 0 Å². The number of rotatable bonds is 13. The Balaban J connectivity index is 3.21. The molecule has 0 bridgehead atoms. The molecule has 194 valence electrons. The standard InChI is InChI=1S/C30H42N4O2/c1-8-12-15-26(33-21-35)18-29(22(5)6)34-30(36)27(14-10-3)28-17-16-25(20-32-28)24(11-4)19-31-23(7)13-9-2/h11-13,15-21,32H,8-10,14H2,1-7H3,(H,33,35)(H,34,36)/b15-12-,23-13+,24-11+,26-18+,28-27+,31-19+. The molecule has 0 fully saturated rings. The van der Waals surface area contributed by atoms with Gasteiger partial charge in [-0.2, -0.15) is 0 Å². The third kappa shape index (κ3) is 10.3. The highest BCUT2D eigenvalue weighted by molar-refractivity contribution is 5.96. The molecule has 0 atom stereocenters. The van der Waals surface area contributed by atoms with Gasteiger partial charge in [-0.15, -0.1) is 0 Å². The van der Waals surface area contributed by atoms with E-state index in [0.717, 1.165) is 47.4 Å². The normalized spacial score (nSPS) is 16.1. The number of allylic oxidation sites excluding steroid dienone is 11. The molecule has 0 aromatic heterocycles. The highest BCUT2D eigenvalue weighted by Crippen LogP contribution is 2.20. The first-order chi connectivity index (χ1) is 17.3. The van der Waals surface area contributed by atoms with Gasteiger partial charge in [0.1, 0.15) is 0 Å². The molecule has 0 aliphatic carbocycles. The number of aliphatic imine (C=N–C) groups is 1. The molecule has 0 saturated carbocycles. The fourth-order valence-corrected chi connectivity index (χ4v) is 3.36. The molecule has 0 aromatic carbocycles. The Bertz CT molecular complexity index is 1060. The Morgan fingerprint density at radius 1 is 1.11 bits per heavy atom. The summed E-state index contributed by atoms with van der Waals surface area (Å²) in [6.45, 7) is 14.0. The highest BCUT2D eigenvalue weighted by Gasteiger charge is 2.17. The van der Waals surface area contributed by atoms with Crippen molar-refractivity contribution < 1.29 is 9.59 Å². The Labute approximate surface area is 217 Å². The second kappa shape index (κ2) is 16.9. The minimum atomic E-state index is -0.175. The predicted molar refractivity (Wildman–Crippen MR) is 152 cm³/mol. The van der Waals surface area contributed by atoms with Crippen molar-refractivity contribution in [2.45, 2.75) is 74.1 Å². The van der Waals surface area contributed by atoms with Gasteiger partial charge in [-0.05, 0) is 76.3 Å². The average molecular weight is 491 g/mol. The number of amides is 2. The Hall–Kier alpha value is -3.67. The number of nitrogens with one attached hydrogen (secondary N) is 3. The maximum Gasteiger partial charge on any atom is 0.253 e. The number of dihydropyridines is 1. The molecule has 0 aromatic rings. The van der Waals surface area contributed by atoms with Crippen LogP contribution in [0.25, 0.3) is 0 Å². The molecule has 1 aliphatic rings. The van der Waals surface area contributed by atoms with Gasteiger partial charge in [0.05, 0.1) is 0 Å². The molecule has 1 heterocycles. The largest absolute Gasteiger partial charge is 0.361 e. The first-order valence-corrected chi connectivity index (χ1v) is 12.6. The minimum Gasteiger partial charge on any atom is -0.361 e. The smallest absolute Gasteiger partial charge is 0.253 e. The van der Waals surface area contributed by atoms with E-state index in [1.54, 1.807) is 6.08 Å². The quantitative estimate of drug-likeness (QED) is 0.121. The third-order valence-corrected chi connectivity index (χ3v) is 5.31. The van der Waals surface area contributed by atoms with Crippen molar-refractivity contribution in [1.29, 1.82) is 0 Å². The van der Waals surface area contributed by atoms with Gasteiger partial charge in [-0.1, -0.05) is 57.1 Å². The first kappa shape index (κ1) is 30.4. The summed E-state index contributed by atoms with van der Waals surface area (Å²) in [5.41, 5.74) is 6.59. The predicted octanol–water partition coefficient (Wildman–Crippen LogP) is 6.42. The van der Waals surface area contributed by atoms with Gasteiger partial charge in [0, 0.05) is 40.8 Å². The van der Waals surface area contributed by atoms with E-state index in [1.807, 2.05) is 84.3 Å². The van der Waals surface area contributed by atoms with E-state index < -0.39 is 0 Å². The zero-order valence-corrected chi connectivity index (χ0v) is 22.9. The van der Waals surface area contributed by atoms with Crippen molar-refractivity contribution in [3.05, 3.63) is 93.8 Å². The molecule has 36 heavy (non-hydrogen) atoms. The summed E-state index contributed by atoms with van der Waals surface area (Å²) in [6.07, 6.45) is 21.2. The van der Waals surface area contributed by atoms with Crippen molar-refractivity contribution >= 4 is 18.5 Å². The average Bonchev–Trinajstić information content (AvgIpc) is 2.86. The van der Waals surface area contributed by atoms with Gasteiger partial charge in [0.15, 0.2) is 0 Å². The number of carbonyl (C=O) groups is 2. The summed E-state index contributed by atoms with van der Waals surface area (Å²) in [7, 11) is 0. The summed E-state index contributed by atoms with van der Waals surface area (Å²) in [5, 5.41) is 9.03. The van der Waals surface area contributed by atoms with Gasteiger partial charge in [0.2, 0.25) is 6.41 Å². The summed E-state index contributed by atoms with van der Waals surface area (Å²) in [4.78, 5) is 28.9. The van der Waals surface area contributed by atoms with Crippen LogP contribution in [0, 0.1) is 0 Å². The fraction of sp³-hybridized carbons (Fsp3) is 0.367. The van der Waals surface area contributed by atoms with Crippen molar-refractivity contribution in [2.75, 3.05) is 0 Å². The fourth-order valence-electron chi connectivity index (χ4n) is 3.36. The number of nitrogens with zero attached hydrogens (tertiary/aromatic N) is 1.